The van der Waals surface area contributed by atoms with Crippen molar-refractivity contribution < 1.29 is 13.9 Å². The second kappa shape index (κ2) is 6.50. The van der Waals surface area contributed by atoms with Crippen molar-refractivity contribution in [1.29, 1.82) is 0 Å². The Morgan fingerprint density at radius 3 is 2.96 bits per heavy atom. The number of rotatable bonds is 4. The molecule has 0 spiro atoms. The molecule has 1 atom stereocenters. The lowest BCUT2D eigenvalue weighted by molar-refractivity contribution is 0.0741. The standard InChI is InChI=1S/C16H18ClN3O3/c1-19(2)15-12(4-3-8-18-15)22-11-7-9-20(10-11)16(21)13-5-6-14(17)23-13/h3-6,8,11H,7,9-10H2,1-2H3. The largest absolute Gasteiger partial charge is 0.485 e. The van der Waals surface area contributed by atoms with Crippen LogP contribution in [0.25, 0.3) is 0 Å². The molecule has 3 heterocycles. The lowest BCUT2D eigenvalue weighted by Crippen LogP contribution is -2.30. The zero-order valence-corrected chi connectivity index (χ0v) is 13.8. The summed E-state index contributed by atoms with van der Waals surface area (Å²) in [6.07, 6.45) is 2.43. The number of likely N-dealkylation sites (tertiary alicyclic amines) is 1. The van der Waals surface area contributed by atoms with Crippen molar-refractivity contribution in [3.05, 3.63) is 41.4 Å². The van der Waals surface area contributed by atoms with Crippen LogP contribution in [0.1, 0.15) is 17.0 Å². The zero-order valence-electron chi connectivity index (χ0n) is 13.0. The minimum absolute atomic E-state index is 0.0627. The molecule has 1 amide bonds. The maximum absolute atomic E-state index is 12.3. The molecule has 1 saturated heterocycles. The van der Waals surface area contributed by atoms with Crippen LogP contribution in [0.2, 0.25) is 5.22 Å². The molecule has 1 unspecified atom stereocenters. The first kappa shape index (κ1) is 15.7. The third kappa shape index (κ3) is 3.42. The van der Waals surface area contributed by atoms with Gasteiger partial charge in [-0.15, -0.1) is 0 Å². The minimum Gasteiger partial charge on any atom is -0.485 e. The summed E-state index contributed by atoms with van der Waals surface area (Å²) >= 11 is 5.72. The van der Waals surface area contributed by atoms with Crippen molar-refractivity contribution in [2.45, 2.75) is 12.5 Å². The van der Waals surface area contributed by atoms with Crippen molar-refractivity contribution in [3.8, 4) is 5.75 Å². The van der Waals surface area contributed by atoms with Crippen LogP contribution in [-0.4, -0.2) is 49.1 Å². The van der Waals surface area contributed by atoms with E-state index in [0.717, 1.165) is 18.0 Å². The lowest BCUT2D eigenvalue weighted by atomic mass is 10.3. The van der Waals surface area contributed by atoms with Gasteiger partial charge in [0.25, 0.3) is 5.91 Å². The molecule has 6 nitrogen and oxygen atoms in total. The molecule has 3 rings (SSSR count). The number of hydrogen-bond acceptors (Lipinski definition) is 5. The van der Waals surface area contributed by atoms with E-state index < -0.39 is 0 Å². The van der Waals surface area contributed by atoms with Crippen LogP contribution in [0.15, 0.2) is 34.9 Å². The van der Waals surface area contributed by atoms with E-state index in [1.54, 1.807) is 23.2 Å². The van der Waals surface area contributed by atoms with Gasteiger partial charge in [0.05, 0.1) is 6.54 Å². The molecule has 2 aromatic rings. The molecule has 0 bridgehead atoms. The summed E-state index contributed by atoms with van der Waals surface area (Å²) in [6, 6.07) is 6.88. The molecule has 0 aromatic carbocycles. The van der Waals surface area contributed by atoms with Crippen molar-refractivity contribution in [1.82, 2.24) is 9.88 Å². The van der Waals surface area contributed by atoms with Gasteiger partial charge in [-0.05, 0) is 35.9 Å². The van der Waals surface area contributed by atoms with Crippen LogP contribution in [0, 0.1) is 0 Å². The highest BCUT2D eigenvalue weighted by Gasteiger charge is 2.30. The highest BCUT2D eigenvalue weighted by atomic mass is 35.5. The Balaban J connectivity index is 1.65. The summed E-state index contributed by atoms with van der Waals surface area (Å²) in [5.41, 5.74) is 0. The van der Waals surface area contributed by atoms with E-state index in [9.17, 15) is 4.79 Å². The van der Waals surface area contributed by atoms with Gasteiger partial charge >= 0.3 is 0 Å². The Morgan fingerprint density at radius 1 is 1.43 bits per heavy atom. The summed E-state index contributed by atoms with van der Waals surface area (Å²) in [7, 11) is 3.83. The fourth-order valence-corrected chi connectivity index (χ4v) is 2.73. The van der Waals surface area contributed by atoms with Gasteiger partial charge in [0.15, 0.2) is 22.5 Å². The number of halogens is 1. The molecular formula is C16H18ClN3O3. The molecular weight excluding hydrogens is 318 g/mol. The number of nitrogens with zero attached hydrogens (tertiary/aromatic N) is 3. The highest BCUT2D eigenvalue weighted by Crippen LogP contribution is 2.27. The Hall–Kier alpha value is -2.21. The topological polar surface area (TPSA) is 58.8 Å². The van der Waals surface area contributed by atoms with Gasteiger partial charge in [0.2, 0.25) is 0 Å². The predicted octanol–water partition coefficient (Wildman–Crippen LogP) is 2.69. The third-order valence-corrected chi connectivity index (χ3v) is 3.89. The van der Waals surface area contributed by atoms with E-state index in [1.165, 1.54) is 0 Å². The Labute approximate surface area is 139 Å². The van der Waals surface area contributed by atoms with Gasteiger partial charge in [0, 0.05) is 33.3 Å². The molecule has 1 aliphatic heterocycles. The number of carbonyl (C=O) groups excluding carboxylic acids is 1. The molecule has 122 valence electrons. The maximum Gasteiger partial charge on any atom is 0.289 e. The lowest BCUT2D eigenvalue weighted by Gasteiger charge is -2.20. The van der Waals surface area contributed by atoms with Crippen molar-refractivity contribution in [2.24, 2.45) is 0 Å². The number of ether oxygens (including phenoxy) is 1. The van der Waals surface area contributed by atoms with E-state index in [2.05, 4.69) is 4.98 Å². The molecule has 0 radical (unpaired) electrons. The van der Waals surface area contributed by atoms with Gasteiger partial charge in [0.1, 0.15) is 6.10 Å². The molecule has 0 aliphatic carbocycles. The molecule has 2 aromatic heterocycles. The number of anilines is 1. The summed E-state index contributed by atoms with van der Waals surface area (Å²) in [6.45, 7) is 1.14. The number of hydrogen-bond donors (Lipinski definition) is 0. The van der Waals surface area contributed by atoms with Crippen LogP contribution in [0.5, 0.6) is 5.75 Å². The first-order valence-electron chi connectivity index (χ1n) is 7.38. The van der Waals surface area contributed by atoms with Crippen LogP contribution in [-0.2, 0) is 0 Å². The van der Waals surface area contributed by atoms with Gasteiger partial charge < -0.3 is 19.0 Å². The van der Waals surface area contributed by atoms with Crippen molar-refractivity contribution in [2.75, 3.05) is 32.1 Å². The Kier molecular flexibility index (Phi) is 4.43. The average Bonchev–Trinajstić information content (AvgIpc) is 3.16. The van der Waals surface area contributed by atoms with Crippen molar-refractivity contribution >= 4 is 23.3 Å². The summed E-state index contributed by atoms with van der Waals surface area (Å²) in [5.74, 6) is 1.58. The molecule has 1 aliphatic rings. The fraction of sp³-hybridized carbons (Fsp3) is 0.375. The average molecular weight is 336 g/mol. The van der Waals surface area contributed by atoms with Gasteiger partial charge in [-0.2, -0.15) is 0 Å². The normalized spacial score (nSPS) is 17.3. The first-order valence-corrected chi connectivity index (χ1v) is 7.76. The minimum atomic E-state index is -0.165. The van der Waals surface area contributed by atoms with Gasteiger partial charge in [-0.1, -0.05) is 0 Å². The highest BCUT2D eigenvalue weighted by molar-refractivity contribution is 6.29. The van der Waals surface area contributed by atoms with E-state index >= 15 is 0 Å². The summed E-state index contributed by atoms with van der Waals surface area (Å²) in [4.78, 5) is 20.3. The smallest absolute Gasteiger partial charge is 0.289 e. The van der Waals surface area contributed by atoms with E-state index in [4.69, 9.17) is 20.8 Å². The molecule has 23 heavy (non-hydrogen) atoms. The van der Waals surface area contributed by atoms with Crippen LogP contribution < -0.4 is 9.64 Å². The monoisotopic (exact) mass is 335 g/mol. The second-order valence-corrected chi connectivity index (χ2v) is 5.98. The van der Waals surface area contributed by atoms with Crippen molar-refractivity contribution in [3.63, 3.8) is 0 Å². The SMILES string of the molecule is CN(C)c1ncccc1OC1CCN(C(=O)c2ccc(Cl)o2)C1. The number of furan rings is 1. The summed E-state index contributed by atoms with van der Waals surface area (Å²) in [5, 5.41) is 0.214. The fourth-order valence-electron chi connectivity index (χ4n) is 2.58. The van der Waals surface area contributed by atoms with Crippen LogP contribution in [0.4, 0.5) is 5.82 Å². The Morgan fingerprint density at radius 2 is 2.26 bits per heavy atom. The third-order valence-electron chi connectivity index (χ3n) is 3.68. The quantitative estimate of drug-likeness (QED) is 0.859. The Bertz CT molecular complexity index is 701. The van der Waals surface area contributed by atoms with Gasteiger partial charge in [-0.25, -0.2) is 4.98 Å². The van der Waals surface area contributed by atoms with E-state index in [-0.39, 0.29) is 23.0 Å². The van der Waals surface area contributed by atoms with E-state index in [0.29, 0.717) is 13.1 Å². The second-order valence-electron chi connectivity index (χ2n) is 5.60. The van der Waals surface area contributed by atoms with Crippen LogP contribution >= 0.6 is 11.6 Å². The zero-order chi connectivity index (χ0) is 16.4. The first-order chi connectivity index (χ1) is 11.0. The van der Waals surface area contributed by atoms with Gasteiger partial charge in [-0.3, -0.25) is 4.79 Å². The molecule has 0 N–H and O–H groups in total. The number of carbonyl (C=O) groups is 1. The predicted molar refractivity (Wildman–Crippen MR) is 87.2 cm³/mol. The van der Waals surface area contributed by atoms with Crippen LogP contribution in [0.3, 0.4) is 0 Å². The molecule has 7 heteroatoms. The number of amides is 1. The summed E-state index contributed by atoms with van der Waals surface area (Å²) < 4.78 is 11.2. The number of pyridine rings is 1. The molecule has 0 saturated carbocycles. The number of aromatic nitrogens is 1. The van der Waals surface area contributed by atoms with E-state index in [1.807, 2.05) is 31.1 Å². The maximum atomic E-state index is 12.3. The molecule has 1 fully saturated rings.